The molecule has 10 nitrogen and oxygen atoms in total. The Labute approximate surface area is 187 Å². The summed E-state index contributed by atoms with van der Waals surface area (Å²) in [5, 5.41) is 6.33. The van der Waals surface area contributed by atoms with E-state index in [9.17, 15) is 4.79 Å². The maximum atomic E-state index is 12.4. The van der Waals surface area contributed by atoms with Gasteiger partial charge in [0.05, 0.1) is 24.9 Å². The average molecular weight is 442 g/mol. The number of pyridine rings is 1. The molecule has 0 radical (unpaired) electrons. The number of aromatic nitrogens is 5. The number of imidazole rings is 1. The molecule has 2 N–H and O–H groups in total. The van der Waals surface area contributed by atoms with Gasteiger partial charge in [-0.15, -0.1) is 0 Å². The van der Waals surface area contributed by atoms with Gasteiger partial charge in [-0.1, -0.05) is 0 Å². The number of nitrogens with one attached hydrogen (secondary N) is 2. The Kier molecular flexibility index (Phi) is 7.24. The van der Waals surface area contributed by atoms with Crippen molar-refractivity contribution >= 4 is 34.6 Å². The molecule has 10 heteroatoms. The maximum absolute atomic E-state index is 12.4. The lowest BCUT2D eigenvalue weighted by Crippen LogP contribution is -2.40. The summed E-state index contributed by atoms with van der Waals surface area (Å²) in [4.78, 5) is 30.1. The lowest BCUT2D eigenvalue weighted by atomic mass is 9.92. The Bertz CT molecular complexity index is 1080. The summed E-state index contributed by atoms with van der Waals surface area (Å²) in [7, 11) is 1.55. The van der Waals surface area contributed by atoms with Gasteiger partial charge in [0.25, 0.3) is 0 Å². The molecule has 0 aliphatic rings. The van der Waals surface area contributed by atoms with Crippen molar-refractivity contribution in [3.05, 3.63) is 30.4 Å². The first-order valence-corrected chi connectivity index (χ1v) is 10.6. The van der Waals surface area contributed by atoms with Crippen molar-refractivity contribution in [1.82, 2.24) is 24.5 Å². The number of rotatable bonds is 10. The lowest BCUT2D eigenvalue weighted by Gasteiger charge is -2.26. The number of anilines is 3. The van der Waals surface area contributed by atoms with Crippen LogP contribution in [0.4, 0.5) is 17.6 Å². The largest absolute Gasteiger partial charge is 0.465 e. The molecule has 32 heavy (non-hydrogen) atoms. The van der Waals surface area contributed by atoms with E-state index in [1.165, 1.54) is 0 Å². The van der Waals surface area contributed by atoms with E-state index in [2.05, 4.69) is 49.0 Å². The third-order valence-corrected chi connectivity index (χ3v) is 5.05. The van der Waals surface area contributed by atoms with Gasteiger partial charge < -0.3 is 24.7 Å². The Hall–Kier alpha value is -3.27. The zero-order valence-electron chi connectivity index (χ0n) is 19.5. The monoisotopic (exact) mass is 441 g/mol. The summed E-state index contributed by atoms with van der Waals surface area (Å²) in [5.74, 6) is 2.22. The molecule has 3 aromatic heterocycles. The van der Waals surface area contributed by atoms with Crippen LogP contribution in [-0.2, 0) is 14.3 Å². The predicted molar refractivity (Wildman–Crippen MR) is 123 cm³/mol. The van der Waals surface area contributed by atoms with Gasteiger partial charge in [0.1, 0.15) is 28.4 Å². The fourth-order valence-corrected chi connectivity index (χ4v) is 3.56. The lowest BCUT2D eigenvalue weighted by molar-refractivity contribution is -0.156. The van der Waals surface area contributed by atoms with Gasteiger partial charge in [-0.2, -0.15) is 4.98 Å². The van der Waals surface area contributed by atoms with Crippen LogP contribution < -0.4 is 10.6 Å². The summed E-state index contributed by atoms with van der Waals surface area (Å²) in [6.45, 7) is 10.6. The summed E-state index contributed by atoms with van der Waals surface area (Å²) >= 11 is 0. The molecule has 0 aliphatic heterocycles. The van der Waals surface area contributed by atoms with E-state index in [4.69, 9.17) is 9.47 Å². The molecule has 0 amide bonds. The molecule has 0 aromatic carbocycles. The number of esters is 1. The minimum Gasteiger partial charge on any atom is -0.465 e. The number of carbonyl (C=O) groups excluding carboxylic acids is 1. The first-order valence-electron chi connectivity index (χ1n) is 10.6. The molecule has 3 heterocycles. The SMILES string of the molecule is CCOC(=O)C(C)(CNc1nccc(Nc2cc3c(cn2)nc(C)n3C(C)C)n1)COC. The summed E-state index contributed by atoms with van der Waals surface area (Å²) in [5.41, 5.74) is 0.993. The van der Waals surface area contributed by atoms with E-state index in [-0.39, 0.29) is 25.2 Å². The third-order valence-electron chi connectivity index (χ3n) is 5.05. The van der Waals surface area contributed by atoms with E-state index < -0.39 is 5.41 Å². The molecule has 172 valence electrons. The summed E-state index contributed by atoms with van der Waals surface area (Å²) in [6, 6.07) is 3.99. The zero-order valence-corrected chi connectivity index (χ0v) is 19.5. The van der Waals surface area contributed by atoms with Gasteiger partial charge in [0.2, 0.25) is 5.95 Å². The van der Waals surface area contributed by atoms with Gasteiger partial charge in [-0.25, -0.2) is 15.0 Å². The number of nitrogens with zero attached hydrogens (tertiary/aromatic N) is 5. The molecule has 0 aliphatic carbocycles. The number of methoxy groups -OCH3 is 1. The first kappa shape index (κ1) is 23.4. The molecule has 0 saturated heterocycles. The fraction of sp³-hybridized carbons (Fsp3) is 0.500. The number of aryl methyl sites for hydroxylation is 1. The average Bonchev–Trinajstić information content (AvgIpc) is 3.08. The van der Waals surface area contributed by atoms with Gasteiger partial charge in [0.15, 0.2) is 0 Å². The smallest absolute Gasteiger partial charge is 0.315 e. The standard InChI is InChI=1S/C22H31N7O3/c1-7-32-20(30)22(5,13-31-6)12-25-21-23-9-8-18(28-21)27-19-10-17-16(11-24-19)26-15(4)29(17)14(2)3/h8-11,14H,7,12-13H2,1-6H3,(H2,23,24,25,27,28). The molecule has 3 rings (SSSR count). The maximum Gasteiger partial charge on any atom is 0.315 e. The Morgan fingerprint density at radius 2 is 2.03 bits per heavy atom. The fourth-order valence-electron chi connectivity index (χ4n) is 3.56. The highest BCUT2D eigenvalue weighted by Crippen LogP contribution is 2.24. The Morgan fingerprint density at radius 1 is 1.25 bits per heavy atom. The number of carbonyl (C=O) groups is 1. The second-order valence-corrected chi connectivity index (χ2v) is 8.14. The van der Waals surface area contributed by atoms with Gasteiger partial charge in [-0.3, -0.25) is 4.79 Å². The van der Waals surface area contributed by atoms with E-state index in [1.54, 1.807) is 39.4 Å². The predicted octanol–water partition coefficient (Wildman–Crippen LogP) is 3.48. The first-order chi connectivity index (χ1) is 15.3. The quantitative estimate of drug-likeness (QED) is 0.456. The number of ether oxygens (including phenoxy) is 2. The summed E-state index contributed by atoms with van der Waals surface area (Å²) < 4.78 is 12.6. The number of hydrogen-bond donors (Lipinski definition) is 2. The van der Waals surface area contributed by atoms with Crippen LogP contribution in [-0.4, -0.2) is 57.3 Å². The zero-order chi connectivity index (χ0) is 23.3. The second-order valence-electron chi connectivity index (χ2n) is 8.14. The van der Waals surface area contributed by atoms with E-state index >= 15 is 0 Å². The Balaban J connectivity index is 1.76. The van der Waals surface area contributed by atoms with Crippen molar-refractivity contribution in [3.63, 3.8) is 0 Å². The van der Waals surface area contributed by atoms with Crippen molar-refractivity contribution in [2.75, 3.05) is 37.5 Å². The van der Waals surface area contributed by atoms with Crippen molar-refractivity contribution in [2.45, 2.75) is 40.7 Å². The summed E-state index contributed by atoms with van der Waals surface area (Å²) in [6.07, 6.45) is 3.39. The van der Waals surface area contributed by atoms with Crippen LogP contribution in [0.1, 0.15) is 39.6 Å². The molecular formula is C22H31N7O3. The Morgan fingerprint density at radius 3 is 2.72 bits per heavy atom. The highest BCUT2D eigenvalue weighted by Gasteiger charge is 2.35. The van der Waals surface area contributed by atoms with Crippen molar-refractivity contribution in [1.29, 1.82) is 0 Å². The topological polar surface area (TPSA) is 116 Å². The van der Waals surface area contributed by atoms with Crippen molar-refractivity contribution in [3.8, 4) is 0 Å². The second kappa shape index (κ2) is 9.90. The molecule has 3 aromatic rings. The molecule has 1 atom stereocenters. The van der Waals surface area contributed by atoms with Gasteiger partial charge in [0, 0.05) is 32.0 Å². The number of hydrogen-bond acceptors (Lipinski definition) is 9. The molecular weight excluding hydrogens is 410 g/mol. The number of fused-ring (bicyclic) bond motifs is 1. The van der Waals surface area contributed by atoms with Crippen LogP contribution in [0.15, 0.2) is 24.5 Å². The van der Waals surface area contributed by atoms with Crippen LogP contribution in [0.25, 0.3) is 11.0 Å². The van der Waals surface area contributed by atoms with Gasteiger partial charge in [-0.05, 0) is 40.7 Å². The van der Waals surface area contributed by atoms with Crippen LogP contribution in [0.2, 0.25) is 0 Å². The van der Waals surface area contributed by atoms with Crippen molar-refractivity contribution in [2.24, 2.45) is 5.41 Å². The van der Waals surface area contributed by atoms with Crippen LogP contribution in [0.3, 0.4) is 0 Å². The molecule has 0 fully saturated rings. The molecule has 1 unspecified atom stereocenters. The van der Waals surface area contributed by atoms with Crippen LogP contribution in [0.5, 0.6) is 0 Å². The highest BCUT2D eigenvalue weighted by molar-refractivity contribution is 5.79. The van der Waals surface area contributed by atoms with Crippen LogP contribution >= 0.6 is 0 Å². The highest BCUT2D eigenvalue weighted by atomic mass is 16.5. The molecule has 0 saturated carbocycles. The van der Waals surface area contributed by atoms with E-state index in [0.717, 1.165) is 16.9 Å². The van der Waals surface area contributed by atoms with Crippen molar-refractivity contribution < 1.29 is 14.3 Å². The van der Waals surface area contributed by atoms with Crippen LogP contribution in [0, 0.1) is 12.3 Å². The molecule has 0 spiro atoms. The minimum absolute atomic E-state index is 0.212. The normalized spacial score (nSPS) is 13.2. The third kappa shape index (κ3) is 5.13. The van der Waals surface area contributed by atoms with Gasteiger partial charge >= 0.3 is 5.97 Å². The van der Waals surface area contributed by atoms with E-state index in [0.29, 0.717) is 24.2 Å². The minimum atomic E-state index is -0.864. The molecule has 0 bridgehead atoms. The van der Waals surface area contributed by atoms with E-state index in [1.807, 2.05) is 13.0 Å².